The number of methoxy groups -OCH3 is 2. The highest BCUT2D eigenvalue weighted by molar-refractivity contribution is 5.67. The molecule has 0 radical (unpaired) electrons. The maximum Gasteiger partial charge on any atom is 0.142 e. The summed E-state index contributed by atoms with van der Waals surface area (Å²) in [6.45, 7) is 2.98. The molecule has 0 bridgehead atoms. The summed E-state index contributed by atoms with van der Waals surface area (Å²) in [5, 5.41) is 6.44. The highest BCUT2D eigenvalue weighted by Crippen LogP contribution is 2.31. The summed E-state index contributed by atoms with van der Waals surface area (Å²) in [6, 6.07) is 7.41. The number of nitrogens with one attached hydrogen (secondary N) is 2. The molecule has 0 aliphatic carbocycles. The molecular formula is C15H20N4O2. The fourth-order valence-corrected chi connectivity index (χ4v) is 1.83. The third kappa shape index (κ3) is 3.98. The monoisotopic (exact) mass is 288 g/mol. The zero-order chi connectivity index (χ0) is 15.1. The van der Waals surface area contributed by atoms with E-state index < -0.39 is 0 Å². The van der Waals surface area contributed by atoms with Crippen LogP contribution in [0.4, 0.5) is 17.3 Å². The van der Waals surface area contributed by atoms with Crippen LogP contribution in [0.5, 0.6) is 11.5 Å². The minimum atomic E-state index is 0.690. The standard InChI is InChI=1S/C15H20N4O2/c1-4-7-16-14-9-15(18-10-17-14)19-12-8-11(20-2)5-6-13(12)21-3/h5-6,8-10H,4,7H2,1-3H3,(H2,16,17,18,19). The van der Waals surface area contributed by atoms with Gasteiger partial charge in [-0.05, 0) is 18.6 Å². The van der Waals surface area contributed by atoms with Crippen molar-refractivity contribution in [2.24, 2.45) is 0 Å². The lowest BCUT2D eigenvalue weighted by Gasteiger charge is -2.12. The van der Waals surface area contributed by atoms with E-state index in [0.29, 0.717) is 5.82 Å². The Morgan fingerprint density at radius 1 is 1.05 bits per heavy atom. The quantitative estimate of drug-likeness (QED) is 0.816. The molecule has 0 atom stereocenters. The second-order valence-corrected chi connectivity index (χ2v) is 4.41. The molecule has 0 aliphatic rings. The first-order valence-electron chi connectivity index (χ1n) is 6.81. The van der Waals surface area contributed by atoms with Gasteiger partial charge in [-0.2, -0.15) is 0 Å². The average molecular weight is 288 g/mol. The van der Waals surface area contributed by atoms with Gasteiger partial charge in [-0.3, -0.25) is 0 Å². The third-order valence-electron chi connectivity index (χ3n) is 2.89. The van der Waals surface area contributed by atoms with Crippen LogP contribution in [0.2, 0.25) is 0 Å². The Bertz CT molecular complexity index is 590. The van der Waals surface area contributed by atoms with Gasteiger partial charge in [-0.15, -0.1) is 0 Å². The summed E-state index contributed by atoms with van der Waals surface area (Å²) in [4.78, 5) is 8.39. The van der Waals surface area contributed by atoms with E-state index in [1.54, 1.807) is 14.2 Å². The second-order valence-electron chi connectivity index (χ2n) is 4.41. The summed E-state index contributed by atoms with van der Waals surface area (Å²) in [5.74, 6) is 2.94. The Labute approximate surface area is 124 Å². The first kappa shape index (κ1) is 14.9. The summed E-state index contributed by atoms with van der Waals surface area (Å²) in [7, 11) is 3.25. The summed E-state index contributed by atoms with van der Waals surface area (Å²) >= 11 is 0. The minimum absolute atomic E-state index is 0.690. The predicted molar refractivity (Wildman–Crippen MR) is 83.6 cm³/mol. The molecule has 2 aromatic rings. The van der Waals surface area contributed by atoms with Crippen molar-refractivity contribution in [2.75, 3.05) is 31.4 Å². The van der Waals surface area contributed by atoms with Crippen molar-refractivity contribution >= 4 is 17.3 Å². The lowest BCUT2D eigenvalue weighted by molar-refractivity contribution is 0.405. The van der Waals surface area contributed by atoms with Gasteiger partial charge >= 0.3 is 0 Å². The molecule has 112 valence electrons. The summed E-state index contributed by atoms with van der Waals surface area (Å²) < 4.78 is 10.6. The molecule has 2 rings (SSSR count). The molecule has 0 fully saturated rings. The van der Waals surface area contributed by atoms with Gasteiger partial charge in [0.1, 0.15) is 29.5 Å². The fraction of sp³-hybridized carbons (Fsp3) is 0.333. The first-order chi connectivity index (χ1) is 10.3. The number of ether oxygens (including phenoxy) is 2. The van der Waals surface area contributed by atoms with Crippen molar-refractivity contribution in [1.29, 1.82) is 0 Å². The SMILES string of the molecule is CCCNc1cc(Nc2cc(OC)ccc2OC)ncn1. The van der Waals surface area contributed by atoms with Crippen molar-refractivity contribution in [3.05, 3.63) is 30.6 Å². The van der Waals surface area contributed by atoms with E-state index in [2.05, 4.69) is 27.5 Å². The smallest absolute Gasteiger partial charge is 0.142 e. The molecule has 21 heavy (non-hydrogen) atoms. The molecule has 1 aromatic carbocycles. The van der Waals surface area contributed by atoms with E-state index in [9.17, 15) is 0 Å². The zero-order valence-corrected chi connectivity index (χ0v) is 12.5. The van der Waals surface area contributed by atoms with Gasteiger partial charge in [0.25, 0.3) is 0 Å². The van der Waals surface area contributed by atoms with E-state index in [0.717, 1.165) is 36.0 Å². The van der Waals surface area contributed by atoms with Crippen LogP contribution < -0.4 is 20.1 Å². The number of anilines is 3. The van der Waals surface area contributed by atoms with Crippen LogP contribution in [0.3, 0.4) is 0 Å². The Morgan fingerprint density at radius 2 is 1.86 bits per heavy atom. The number of hydrogen-bond acceptors (Lipinski definition) is 6. The van der Waals surface area contributed by atoms with Crippen LogP contribution in [-0.2, 0) is 0 Å². The highest BCUT2D eigenvalue weighted by atomic mass is 16.5. The van der Waals surface area contributed by atoms with Gasteiger partial charge in [0, 0.05) is 18.7 Å². The molecule has 6 heteroatoms. The largest absolute Gasteiger partial charge is 0.497 e. The first-order valence-corrected chi connectivity index (χ1v) is 6.81. The van der Waals surface area contributed by atoms with E-state index in [1.165, 1.54) is 6.33 Å². The van der Waals surface area contributed by atoms with E-state index in [1.807, 2.05) is 24.3 Å². The van der Waals surface area contributed by atoms with Gasteiger partial charge in [0.05, 0.1) is 19.9 Å². The molecule has 2 N–H and O–H groups in total. The highest BCUT2D eigenvalue weighted by Gasteiger charge is 2.07. The number of aromatic nitrogens is 2. The Hall–Kier alpha value is -2.50. The maximum absolute atomic E-state index is 5.34. The van der Waals surface area contributed by atoms with Crippen molar-refractivity contribution < 1.29 is 9.47 Å². The van der Waals surface area contributed by atoms with Crippen molar-refractivity contribution in [1.82, 2.24) is 9.97 Å². The fourth-order valence-electron chi connectivity index (χ4n) is 1.83. The van der Waals surface area contributed by atoms with Crippen molar-refractivity contribution in [3.8, 4) is 11.5 Å². The molecule has 0 spiro atoms. The number of rotatable bonds is 7. The van der Waals surface area contributed by atoms with Crippen molar-refractivity contribution in [3.63, 3.8) is 0 Å². The normalized spacial score (nSPS) is 10.0. The van der Waals surface area contributed by atoms with Gasteiger partial charge < -0.3 is 20.1 Å². The Morgan fingerprint density at radius 3 is 2.57 bits per heavy atom. The molecular weight excluding hydrogens is 268 g/mol. The topological polar surface area (TPSA) is 68.3 Å². The van der Waals surface area contributed by atoms with Gasteiger partial charge in [-0.1, -0.05) is 6.92 Å². The second kappa shape index (κ2) is 7.33. The van der Waals surface area contributed by atoms with Gasteiger partial charge in [-0.25, -0.2) is 9.97 Å². The molecule has 1 aromatic heterocycles. The molecule has 0 saturated heterocycles. The number of nitrogens with zero attached hydrogens (tertiary/aromatic N) is 2. The van der Waals surface area contributed by atoms with Crippen LogP contribution >= 0.6 is 0 Å². The lowest BCUT2D eigenvalue weighted by Crippen LogP contribution is -2.04. The number of hydrogen-bond donors (Lipinski definition) is 2. The molecule has 0 amide bonds. The lowest BCUT2D eigenvalue weighted by atomic mass is 10.2. The third-order valence-corrected chi connectivity index (χ3v) is 2.89. The molecule has 1 heterocycles. The zero-order valence-electron chi connectivity index (χ0n) is 12.5. The van der Waals surface area contributed by atoms with Gasteiger partial charge in [0.15, 0.2) is 0 Å². The Kier molecular flexibility index (Phi) is 5.20. The predicted octanol–water partition coefficient (Wildman–Crippen LogP) is 3.06. The molecule has 6 nitrogen and oxygen atoms in total. The van der Waals surface area contributed by atoms with Crippen LogP contribution in [-0.4, -0.2) is 30.7 Å². The summed E-state index contributed by atoms with van der Waals surface area (Å²) in [5.41, 5.74) is 0.789. The van der Waals surface area contributed by atoms with Crippen LogP contribution in [0.1, 0.15) is 13.3 Å². The minimum Gasteiger partial charge on any atom is -0.497 e. The Balaban J connectivity index is 2.20. The number of benzene rings is 1. The van der Waals surface area contributed by atoms with Crippen LogP contribution in [0, 0.1) is 0 Å². The molecule has 0 saturated carbocycles. The van der Waals surface area contributed by atoms with Crippen LogP contribution in [0.25, 0.3) is 0 Å². The van der Waals surface area contributed by atoms with Crippen LogP contribution in [0.15, 0.2) is 30.6 Å². The summed E-state index contributed by atoms with van der Waals surface area (Å²) in [6.07, 6.45) is 2.56. The van der Waals surface area contributed by atoms with E-state index in [4.69, 9.17) is 9.47 Å². The molecule has 0 unspecified atom stereocenters. The van der Waals surface area contributed by atoms with E-state index in [-0.39, 0.29) is 0 Å². The molecule has 0 aliphatic heterocycles. The van der Waals surface area contributed by atoms with E-state index >= 15 is 0 Å². The maximum atomic E-state index is 5.34. The average Bonchev–Trinajstić information content (AvgIpc) is 2.53. The van der Waals surface area contributed by atoms with Gasteiger partial charge in [0.2, 0.25) is 0 Å². The van der Waals surface area contributed by atoms with Crippen molar-refractivity contribution in [2.45, 2.75) is 13.3 Å².